The molecule has 2 aromatic rings. The average molecular weight is 564 g/mol. The van der Waals surface area contributed by atoms with Crippen LogP contribution in [0.3, 0.4) is 0 Å². The van der Waals surface area contributed by atoms with Gasteiger partial charge in [-0.1, -0.05) is 18.2 Å². The van der Waals surface area contributed by atoms with Gasteiger partial charge >= 0.3 is 0 Å². The maximum atomic E-state index is 14.0. The van der Waals surface area contributed by atoms with Gasteiger partial charge in [-0.15, -0.1) is 0 Å². The number of β-amino-alcohol motifs (C(OH)–C–C–N with tert-alkyl or cyclic N) is 1. The summed E-state index contributed by atoms with van der Waals surface area (Å²) < 4.78 is 0. The highest BCUT2D eigenvalue weighted by molar-refractivity contribution is 6.32. The van der Waals surface area contributed by atoms with E-state index in [0.717, 1.165) is 17.5 Å². The third-order valence-corrected chi connectivity index (χ3v) is 9.58. The van der Waals surface area contributed by atoms with Crippen molar-refractivity contribution in [1.82, 2.24) is 9.80 Å². The maximum Gasteiger partial charge on any atom is 0.235 e. The second-order valence-corrected chi connectivity index (χ2v) is 12.3. The number of likely N-dealkylation sites (tertiary alicyclic amines) is 1. The molecule has 7 unspecified atom stereocenters. The van der Waals surface area contributed by atoms with Crippen LogP contribution in [0.15, 0.2) is 24.3 Å². The summed E-state index contributed by atoms with van der Waals surface area (Å²) in [5.74, 6) is -10.5. The molecule has 1 heterocycles. The number of phenols is 1. The maximum absolute atomic E-state index is 14.0. The Labute approximate surface area is 235 Å². The number of ketones is 4. The van der Waals surface area contributed by atoms with Crippen LogP contribution in [0.25, 0.3) is 10.8 Å². The standard InChI is InChI=1S/C30H33N3O8/c1-32(2)23-19-10-16-9-15-8-14-4-3-13(11-33-6-5-17(34)12-33)7-18(14)24(35)20(15)25(36)21(16)27(38)30(19,41)28(39)22(26(23)37)29(31)40/h3-4,7-8,16-17,19,21-23,34-35,41H,5-6,9-12H2,1-2H3,(H2,31,40). The lowest BCUT2D eigenvalue weighted by Crippen LogP contribution is -2.74. The second kappa shape index (κ2) is 9.52. The molecule has 2 aromatic carbocycles. The van der Waals surface area contributed by atoms with Crippen LogP contribution >= 0.6 is 0 Å². The minimum Gasteiger partial charge on any atom is -0.507 e. The summed E-state index contributed by atoms with van der Waals surface area (Å²) in [6.07, 6.45) is 0.562. The van der Waals surface area contributed by atoms with Crippen LogP contribution in [0.5, 0.6) is 5.75 Å². The first-order valence-corrected chi connectivity index (χ1v) is 13.9. The first kappa shape index (κ1) is 27.6. The number of aliphatic hydroxyl groups is 2. The van der Waals surface area contributed by atoms with Gasteiger partial charge < -0.3 is 21.1 Å². The van der Waals surface area contributed by atoms with E-state index in [1.165, 1.54) is 4.90 Å². The van der Waals surface area contributed by atoms with Gasteiger partial charge in [-0.25, -0.2) is 0 Å². The van der Waals surface area contributed by atoms with Crippen molar-refractivity contribution in [3.63, 3.8) is 0 Å². The molecular weight excluding hydrogens is 530 g/mol. The molecule has 0 bridgehead atoms. The number of carbonyl (C=O) groups excluding carboxylic acids is 5. The van der Waals surface area contributed by atoms with E-state index in [0.29, 0.717) is 30.5 Å². The van der Waals surface area contributed by atoms with Crippen molar-refractivity contribution in [3.05, 3.63) is 41.0 Å². The lowest BCUT2D eigenvalue weighted by atomic mass is 9.52. The van der Waals surface area contributed by atoms with E-state index in [-0.39, 0.29) is 30.3 Å². The van der Waals surface area contributed by atoms with Gasteiger partial charge in [-0.2, -0.15) is 0 Å². The van der Waals surface area contributed by atoms with Crippen LogP contribution in [-0.4, -0.2) is 99.1 Å². The number of hydrogen-bond donors (Lipinski definition) is 4. The fraction of sp³-hybridized carbons (Fsp3) is 0.500. The summed E-state index contributed by atoms with van der Waals surface area (Å²) in [4.78, 5) is 70.2. The first-order valence-electron chi connectivity index (χ1n) is 13.9. The van der Waals surface area contributed by atoms with Gasteiger partial charge in [0.1, 0.15) is 5.75 Å². The van der Waals surface area contributed by atoms with Crippen LogP contribution in [0.2, 0.25) is 0 Å². The van der Waals surface area contributed by atoms with Gasteiger partial charge in [-0.05, 0) is 61.9 Å². The molecule has 1 aliphatic heterocycles. The van der Waals surface area contributed by atoms with Gasteiger partial charge in [-0.3, -0.25) is 33.8 Å². The minimum atomic E-state index is -2.74. The number of hydrogen-bond acceptors (Lipinski definition) is 10. The molecule has 1 amide bonds. The Hall–Kier alpha value is -3.51. The van der Waals surface area contributed by atoms with Gasteiger partial charge in [0, 0.05) is 30.9 Å². The number of phenolic OH excluding ortho intramolecular Hbond substituents is 1. The minimum absolute atomic E-state index is 0.0159. The average Bonchev–Trinajstić information content (AvgIpc) is 3.30. The number of primary amides is 1. The van der Waals surface area contributed by atoms with Gasteiger partial charge in [0.25, 0.3) is 0 Å². The van der Waals surface area contributed by atoms with E-state index in [1.807, 2.05) is 18.2 Å². The van der Waals surface area contributed by atoms with E-state index < -0.39 is 64.4 Å². The number of Topliss-reactive ketones (excluding diaryl/α,β-unsaturated/α-hetero) is 4. The Morgan fingerprint density at radius 3 is 2.51 bits per heavy atom. The quantitative estimate of drug-likeness (QED) is 0.357. The van der Waals surface area contributed by atoms with Crippen LogP contribution in [-0.2, 0) is 32.1 Å². The number of benzene rings is 2. The van der Waals surface area contributed by atoms with Gasteiger partial charge in [0.15, 0.2) is 34.7 Å². The number of carbonyl (C=O) groups is 5. The van der Waals surface area contributed by atoms with Crippen molar-refractivity contribution in [3.8, 4) is 5.75 Å². The van der Waals surface area contributed by atoms with E-state index in [2.05, 4.69) is 4.90 Å². The summed E-state index contributed by atoms with van der Waals surface area (Å²) in [6, 6.07) is 6.28. The molecule has 7 atom stereocenters. The fourth-order valence-electron chi connectivity index (χ4n) is 7.73. The molecule has 11 heteroatoms. The Morgan fingerprint density at radius 2 is 1.88 bits per heavy atom. The normalized spacial score (nSPS) is 33.7. The number of aliphatic hydroxyl groups excluding tert-OH is 1. The van der Waals surface area contributed by atoms with Crippen LogP contribution in [0.1, 0.15) is 34.3 Å². The number of aromatic hydroxyl groups is 1. The molecule has 0 spiro atoms. The number of likely N-dealkylation sites (N-methyl/N-ethyl adjacent to an activating group) is 1. The summed E-state index contributed by atoms with van der Waals surface area (Å²) in [5, 5.41) is 34.1. The number of nitrogens with zero attached hydrogens (tertiary/aromatic N) is 2. The zero-order valence-electron chi connectivity index (χ0n) is 22.9. The zero-order chi connectivity index (χ0) is 29.5. The number of rotatable bonds is 4. The Kier molecular flexibility index (Phi) is 6.42. The molecule has 11 nitrogen and oxygen atoms in total. The number of nitrogens with two attached hydrogens (primary N) is 1. The number of amides is 1. The van der Waals surface area contributed by atoms with Crippen molar-refractivity contribution in [1.29, 1.82) is 0 Å². The molecule has 41 heavy (non-hydrogen) atoms. The predicted octanol–water partition coefficient (Wildman–Crippen LogP) is -0.413. The first-order chi connectivity index (χ1) is 19.3. The van der Waals surface area contributed by atoms with E-state index in [4.69, 9.17) is 5.73 Å². The molecule has 4 aliphatic rings. The van der Waals surface area contributed by atoms with Crippen molar-refractivity contribution >= 4 is 39.8 Å². The highest BCUT2D eigenvalue weighted by Gasteiger charge is 2.69. The van der Waals surface area contributed by atoms with Crippen molar-refractivity contribution in [2.24, 2.45) is 29.4 Å². The highest BCUT2D eigenvalue weighted by Crippen LogP contribution is 2.51. The Bertz CT molecular complexity index is 1540. The zero-order valence-corrected chi connectivity index (χ0v) is 22.9. The SMILES string of the molecule is CN(C)C1C(=O)C(C(N)=O)C(=O)C2(O)C(=O)C3C(=O)c4c(cc5ccc(CN6CCC(O)C6)cc5c4O)CC3CC12. The molecule has 6 rings (SSSR count). The molecule has 2 saturated carbocycles. The lowest BCUT2D eigenvalue weighted by molar-refractivity contribution is -0.181. The fourth-order valence-corrected chi connectivity index (χ4v) is 7.73. The van der Waals surface area contributed by atoms with Crippen molar-refractivity contribution in [2.75, 3.05) is 27.2 Å². The van der Waals surface area contributed by atoms with Crippen LogP contribution in [0, 0.1) is 23.7 Å². The smallest absolute Gasteiger partial charge is 0.235 e. The topological polar surface area (TPSA) is 179 Å². The summed E-state index contributed by atoms with van der Waals surface area (Å²) >= 11 is 0. The second-order valence-electron chi connectivity index (χ2n) is 12.3. The highest BCUT2D eigenvalue weighted by atomic mass is 16.3. The summed E-state index contributed by atoms with van der Waals surface area (Å²) in [6.45, 7) is 1.86. The Morgan fingerprint density at radius 1 is 1.15 bits per heavy atom. The molecule has 1 saturated heterocycles. The van der Waals surface area contributed by atoms with Crippen molar-refractivity contribution in [2.45, 2.75) is 43.6 Å². The molecule has 3 aliphatic carbocycles. The molecule has 5 N–H and O–H groups in total. The van der Waals surface area contributed by atoms with Crippen molar-refractivity contribution < 1.29 is 39.3 Å². The van der Waals surface area contributed by atoms with E-state index in [9.17, 15) is 39.3 Å². The third-order valence-electron chi connectivity index (χ3n) is 9.58. The van der Waals surface area contributed by atoms with E-state index >= 15 is 0 Å². The Balaban J connectivity index is 1.41. The number of fused-ring (bicyclic) bond motifs is 4. The monoisotopic (exact) mass is 563 g/mol. The van der Waals surface area contributed by atoms with Crippen LogP contribution in [0.4, 0.5) is 0 Å². The van der Waals surface area contributed by atoms with Gasteiger partial charge in [0.2, 0.25) is 5.91 Å². The summed E-state index contributed by atoms with van der Waals surface area (Å²) in [7, 11) is 3.11. The third kappa shape index (κ3) is 3.98. The molecular formula is C30H33N3O8. The molecule has 0 radical (unpaired) electrons. The predicted molar refractivity (Wildman–Crippen MR) is 145 cm³/mol. The summed E-state index contributed by atoms with van der Waals surface area (Å²) in [5.41, 5.74) is 4.05. The molecule has 0 aromatic heterocycles. The van der Waals surface area contributed by atoms with Crippen LogP contribution < -0.4 is 5.73 Å². The molecule has 216 valence electrons. The largest absolute Gasteiger partial charge is 0.507 e. The van der Waals surface area contributed by atoms with Gasteiger partial charge in [0.05, 0.1) is 23.6 Å². The van der Waals surface area contributed by atoms with E-state index in [1.54, 1.807) is 20.2 Å². The molecule has 3 fully saturated rings. The lowest BCUT2D eigenvalue weighted by Gasteiger charge is -2.52.